The van der Waals surface area contributed by atoms with Crippen LogP contribution in [-0.4, -0.2) is 31.2 Å². The molecule has 2 aromatic rings. The van der Waals surface area contributed by atoms with Gasteiger partial charge in [0.05, 0.1) is 19.4 Å². The first-order valence-corrected chi connectivity index (χ1v) is 8.57. The van der Waals surface area contributed by atoms with Gasteiger partial charge in [-0.3, -0.25) is 9.59 Å². The van der Waals surface area contributed by atoms with Crippen LogP contribution in [0.15, 0.2) is 59.7 Å². The highest BCUT2D eigenvalue weighted by atomic mass is 16.5. The number of carbonyl (C=O) groups excluding carboxylic acids is 2. The second-order valence-electron chi connectivity index (χ2n) is 5.61. The van der Waals surface area contributed by atoms with Crippen molar-refractivity contribution in [2.24, 2.45) is 5.10 Å². The molecule has 0 fully saturated rings. The van der Waals surface area contributed by atoms with Crippen LogP contribution < -0.4 is 15.5 Å². The highest BCUT2D eigenvalue weighted by Crippen LogP contribution is 2.12. The van der Waals surface area contributed by atoms with E-state index >= 15 is 0 Å². The molecule has 0 aromatic heterocycles. The first-order chi connectivity index (χ1) is 12.7. The van der Waals surface area contributed by atoms with Crippen LogP contribution in [0.5, 0.6) is 5.75 Å². The highest BCUT2D eigenvalue weighted by Gasteiger charge is 2.07. The summed E-state index contributed by atoms with van der Waals surface area (Å²) in [5, 5.41) is 6.40. The van der Waals surface area contributed by atoms with Gasteiger partial charge in [0, 0.05) is 5.56 Å². The Morgan fingerprint density at radius 2 is 1.81 bits per heavy atom. The Hall–Kier alpha value is -3.15. The zero-order chi connectivity index (χ0) is 18.6. The summed E-state index contributed by atoms with van der Waals surface area (Å²) in [4.78, 5) is 23.8. The zero-order valence-electron chi connectivity index (χ0n) is 14.8. The number of nitrogens with zero attached hydrogens (tertiary/aromatic N) is 1. The van der Waals surface area contributed by atoms with Gasteiger partial charge in [0.2, 0.25) is 0 Å². The highest BCUT2D eigenvalue weighted by molar-refractivity contribution is 5.96. The lowest BCUT2D eigenvalue weighted by Crippen LogP contribution is -2.34. The van der Waals surface area contributed by atoms with Crippen molar-refractivity contribution in [3.63, 3.8) is 0 Å². The molecule has 2 amide bonds. The number of nitrogens with one attached hydrogen (secondary N) is 2. The molecule has 2 N–H and O–H groups in total. The van der Waals surface area contributed by atoms with Crippen molar-refractivity contribution in [3.8, 4) is 5.75 Å². The van der Waals surface area contributed by atoms with E-state index < -0.39 is 5.91 Å². The lowest BCUT2D eigenvalue weighted by molar-refractivity contribution is -0.120. The molecule has 2 aromatic carbocycles. The molecule has 136 valence electrons. The van der Waals surface area contributed by atoms with Crippen LogP contribution in [0.3, 0.4) is 0 Å². The number of benzene rings is 2. The van der Waals surface area contributed by atoms with Gasteiger partial charge in [-0.2, -0.15) is 5.10 Å². The third-order valence-electron chi connectivity index (χ3n) is 3.50. The molecule has 0 aliphatic rings. The van der Waals surface area contributed by atoms with Crippen LogP contribution in [0.25, 0.3) is 0 Å². The Labute approximate surface area is 153 Å². The van der Waals surface area contributed by atoms with E-state index in [9.17, 15) is 9.59 Å². The number of unbranched alkanes of at least 4 members (excludes halogenated alkanes) is 1. The number of carbonyl (C=O) groups is 2. The fourth-order valence-electron chi connectivity index (χ4n) is 2.06. The summed E-state index contributed by atoms with van der Waals surface area (Å²) in [5.74, 6) is 0.000314. The van der Waals surface area contributed by atoms with E-state index in [0.29, 0.717) is 12.2 Å². The lowest BCUT2D eigenvalue weighted by atomic mass is 10.2. The van der Waals surface area contributed by atoms with Crippen molar-refractivity contribution in [1.29, 1.82) is 0 Å². The van der Waals surface area contributed by atoms with Crippen molar-refractivity contribution in [1.82, 2.24) is 10.7 Å². The molecule has 0 saturated heterocycles. The van der Waals surface area contributed by atoms with Gasteiger partial charge < -0.3 is 10.1 Å². The monoisotopic (exact) mass is 353 g/mol. The second-order valence-corrected chi connectivity index (χ2v) is 5.61. The molecule has 0 unspecified atom stereocenters. The molecule has 2 rings (SSSR count). The average molecular weight is 353 g/mol. The molecule has 0 saturated carbocycles. The molecule has 0 bridgehead atoms. The van der Waals surface area contributed by atoms with Gasteiger partial charge in [-0.25, -0.2) is 5.43 Å². The van der Waals surface area contributed by atoms with E-state index in [0.717, 1.165) is 24.2 Å². The maximum atomic E-state index is 12.0. The first kappa shape index (κ1) is 19.2. The minimum absolute atomic E-state index is 0.153. The van der Waals surface area contributed by atoms with Gasteiger partial charge in [-0.1, -0.05) is 43.7 Å². The summed E-state index contributed by atoms with van der Waals surface area (Å²) in [7, 11) is 0. The van der Waals surface area contributed by atoms with Crippen LogP contribution in [0.4, 0.5) is 0 Å². The predicted molar refractivity (Wildman–Crippen MR) is 101 cm³/mol. The maximum Gasteiger partial charge on any atom is 0.259 e. The number of amides is 2. The third kappa shape index (κ3) is 6.76. The van der Waals surface area contributed by atoms with Gasteiger partial charge in [0.1, 0.15) is 5.75 Å². The molecule has 6 nitrogen and oxygen atoms in total. The Kier molecular flexibility index (Phi) is 7.86. The van der Waals surface area contributed by atoms with Gasteiger partial charge in [-0.15, -0.1) is 0 Å². The fraction of sp³-hybridized carbons (Fsp3) is 0.250. The molecule has 0 atom stereocenters. The van der Waals surface area contributed by atoms with Crippen molar-refractivity contribution in [3.05, 3.63) is 65.7 Å². The molecular weight excluding hydrogens is 330 g/mol. The Balaban J connectivity index is 1.73. The van der Waals surface area contributed by atoms with Crippen molar-refractivity contribution in [2.45, 2.75) is 19.8 Å². The second kappa shape index (κ2) is 10.7. The number of ether oxygens (including phenoxy) is 1. The molecule has 26 heavy (non-hydrogen) atoms. The Morgan fingerprint density at radius 1 is 1.08 bits per heavy atom. The van der Waals surface area contributed by atoms with Crippen LogP contribution in [0, 0.1) is 0 Å². The van der Waals surface area contributed by atoms with Crippen molar-refractivity contribution < 1.29 is 14.3 Å². The Bertz CT molecular complexity index is 728. The smallest absolute Gasteiger partial charge is 0.259 e. The minimum Gasteiger partial charge on any atom is -0.494 e. The summed E-state index contributed by atoms with van der Waals surface area (Å²) in [6, 6.07) is 16.2. The van der Waals surface area contributed by atoms with E-state index in [1.165, 1.54) is 6.21 Å². The molecule has 0 radical (unpaired) electrons. The normalized spacial score (nSPS) is 10.5. The zero-order valence-corrected chi connectivity index (χ0v) is 14.8. The molecular formula is C20H23N3O3. The SMILES string of the molecule is CCCCOc1ccc(C(=O)NCC(=O)NN=Cc2ccccc2)cc1. The number of rotatable bonds is 9. The van der Waals surface area contributed by atoms with E-state index in [-0.39, 0.29) is 12.5 Å². The predicted octanol–water partition coefficient (Wildman–Crippen LogP) is 2.75. The van der Waals surface area contributed by atoms with Crippen LogP contribution in [0.1, 0.15) is 35.7 Å². The summed E-state index contributed by atoms with van der Waals surface area (Å²) < 4.78 is 5.55. The molecule has 0 heterocycles. The molecule has 0 aliphatic carbocycles. The van der Waals surface area contributed by atoms with Gasteiger partial charge in [0.25, 0.3) is 11.8 Å². The summed E-state index contributed by atoms with van der Waals surface area (Å²) in [6.07, 6.45) is 3.60. The summed E-state index contributed by atoms with van der Waals surface area (Å²) in [5.41, 5.74) is 3.71. The summed E-state index contributed by atoms with van der Waals surface area (Å²) >= 11 is 0. The van der Waals surface area contributed by atoms with E-state index in [1.54, 1.807) is 24.3 Å². The van der Waals surface area contributed by atoms with Gasteiger partial charge in [0.15, 0.2) is 0 Å². The van der Waals surface area contributed by atoms with E-state index in [2.05, 4.69) is 22.8 Å². The van der Waals surface area contributed by atoms with Crippen molar-refractivity contribution >= 4 is 18.0 Å². The van der Waals surface area contributed by atoms with Crippen LogP contribution >= 0.6 is 0 Å². The molecule has 0 spiro atoms. The van der Waals surface area contributed by atoms with Gasteiger partial charge >= 0.3 is 0 Å². The first-order valence-electron chi connectivity index (χ1n) is 8.57. The molecule has 0 aliphatic heterocycles. The maximum absolute atomic E-state index is 12.0. The summed E-state index contributed by atoms with van der Waals surface area (Å²) in [6.45, 7) is 2.60. The standard InChI is InChI=1S/C20H23N3O3/c1-2-3-13-26-18-11-9-17(10-12-18)20(25)21-15-19(24)23-22-14-16-7-5-4-6-8-16/h4-12,14H,2-3,13,15H2,1H3,(H,21,25)(H,23,24). The number of hydrogen-bond donors (Lipinski definition) is 2. The quantitative estimate of drug-likeness (QED) is 0.413. The third-order valence-corrected chi connectivity index (χ3v) is 3.50. The van der Waals surface area contributed by atoms with E-state index in [1.807, 2.05) is 30.3 Å². The lowest BCUT2D eigenvalue weighted by Gasteiger charge is -2.07. The molecule has 6 heteroatoms. The topological polar surface area (TPSA) is 79.8 Å². The van der Waals surface area contributed by atoms with Gasteiger partial charge in [-0.05, 0) is 36.2 Å². The van der Waals surface area contributed by atoms with Crippen molar-refractivity contribution in [2.75, 3.05) is 13.2 Å². The Morgan fingerprint density at radius 3 is 2.50 bits per heavy atom. The number of hydrogen-bond acceptors (Lipinski definition) is 4. The van der Waals surface area contributed by atoms with Crippen LogP contribution in [-0.2, 0) is 4.79 Å². The average Bonchev–Trinajstić information content (AvgIpc) is 2.68. The van der Waals surface area contributed by atoms with Crippen LogP contribution in [0.2, 0.25) is 0 Å². The van der Waals surface area contributed by atoms with E-state index in [4.69, 9.17) is 4.74 Å². The minimum atomic E-state index is -0.398. The fourth-order valence-corrected chi connectivity index (χ4v) is 2.06. The largest absolute Gasteiger partial charge is 0.494 e. The number of hydrazone groups is 1.